The van der Waals surface area contributed by atoms with Crippen LogP contribution in [-0.2, 0) is 0 Å². The molecule has 114 valence electrons. The molecule has 2 rings (SSSR count). The fraction of sp³-hybridized carbons (Fsp3) is 0.167. The average Bonchev–Trinajstić information content (AvgIpc) is 2.59. The summed E-state index contributed by atoms with van der Waals surface area (Å²) in [6.45, 7) is 0. The molecule has 0 aliphatic carbocycles. The summed E-state index contributed by atoms with van der Waals surface area (Å²) in [5.74, 6) is 1.84. The van der Waals surface area contributed by atoms with E-state index in [1.54, 1.807) is 57.7 Å². The Balaban J connectivity index is 2.18. The van der Waals surface area contributed by atoms with E-state index in [0.717, 1.165) is 5.56 Å². The molecular formula is C18H18O4. The number of hydrogen-bond donors (Lipinski definition) is 0. The topological polar surface area (TPSA) is 44.8 Å². The lowest BCUT2D eigenvalue weighted by Gasteiger charge is -2.07. The average molecular weight is 298 g/mol. The Morgan fingerprint density at radius 2 is 1.68 bits per heavy atom. The van der Waals surface area contributed by atoms with Crippen LogP contribution in [0.4, 0.5) is 0 Å². The summed E-state index contributed by atoms with van der Waals surface area (Å²) in [4.78, 5) is 12.2. The predicted octanol–water partition coefficient (Wildman–Crippen LogP) is 3.61. The van der Waals surface area contributed by atoms with Gasteiger partial charge in [0.1, 0.15) is 5.75 Å². The molecule has 2 aromatic rings. The zero-order valence-corrected chi connectivity index (χ0v) is 12.8. The molecule has 0 aliphatic rings. The second-order valence-corrected chi connectivity index (χ2v) is 4.54. The van der Waals surface area contributed by atoms with Gasteiger partial charge in [-0.2, -0.15) is 0 Å². The first-order chi connectivity index (χ1) is 10.7. The van der Waals surface area contributed by atoms with E-state index in [4.69, 9.17) is 14.2 Å². The van der Waals surface area contributed by atoms with Crippen molar-refractivity contribution < 1.29 is 19.0 Å². The molecule has 0 heterocycles. The van der Waals surface area contributed by atoms with E-state index in [1.165, 1.54) is 6.08 Å². The van der Waals surface area contributed by atoms with Gasteiger partial charge in [-0.05, 0) is 35.9 Å². The summed E-state index contributed by atoms with van der Waals surface area (Å²) in [5.41, 5.74) is 1.44. The second-order valence-electron chi connectivity index (χ2n) is 4.54. The monoisotopic (exact) mass is 298 g/mol. The van der Waals surface area contributed by atoms with Crippen molar-refractivity contribution in [1.29, 1.82) is 0 Å². The number of hydrogen-bond acceptors (Lipinski definition) is 4. The van der Waals surface area contributed by atoms with E-state index < -0.39 is 0 Å². The molecule has 0 saturated heterocycles. The normalized spacial score (nSPS) is 10.5. The summed E-state index contributed by atoms with van der Waals surface area (Å²) in [6.07, 6.45) is 3.26. The largest absolute Gasteiger partial charge is 0.497 e. The maximum absolute atomic E-state index is 12.2. The highest BCUT2D eigenvalue weighted by atomic mass is 16.5. The molecule has 4 nitrogen and oxygen atoms in total. The molecule has 0 amide bonds. The Morgan fingerprint density at radius 1 is 0.909 bits per heavy atom. The van der Waals surface area contributed by atoms with Gasteiger partial charge in [0, 0.05) is 5.56 Å². The van der Waals surface area contributed by atoms with Crippen molar-refractivity contribution in [1.82, 2.24) is 0 Å². The number of carbonyl (C=O) groups is 1. The quantitative estimate of drug-likeness (QED) is 0.603. The highest BCUT2D eigenvalue weighted by Crippen LogP contribution is 2.28. The molecule has 0 aromatic heterocycles. The lowest BCUT2D eigenvalue weighted by molar-refractivity contribution is 0.104. The number of ketones is 1. The van der Waals surface area contributed by atoms with E-state index in [9.17, 15) is 4.79 Å². The highest BCUT2D eigenvalue weighted by molar-refractivity contribution is 6.07. The predicted molar refractivity (Wildman–Crippen MR) is 85.9 cm³/mol. The Hall–Kier alpha value is -2.75. The van der Waals surface area contributed by atoms with E-state index in [-0.39, 0.29) is 5.78 Å². The molecule has 0 fully saturated rings. The van der Waals surface area contributed by atoms with Gasteiger partial charge in [-0.15, -0.1) is 0 Å². The van der Waals surface area contributed by atoms with Crippen LogP contribution in [0.3, 0.4) is 0 Å². The van der Waals surface area contributed by atoms with Crippen LogP contribution in [0, 0.1) is 0 Å². The number of allylic oxidation sites excluding steroid dienone is 1. The summed E-state index contributed by atoms with van der Waals surface area (Å²) < 4.78 is 15.5. The number of methoxy groups -OCH3 is 3. The van der Waals surface area contributed by atoms with Crippen LogP contribution < -0.4 is 14.2 Å². The number of rotatable bonds is 6. The second kappa shape index (κ2) is 7.31. The number of ether oxygens (including phenoxy) is 3. The Morgan fingerprint density at radius 3 is 2.36 bits per heavy atom. The van der Waals surface area contributed by atoms with Gasteiger partial charge < -0.3 is 14.2 Å². The van der Waals surface area contributed by atoms with Gasteiger partial charge in [0.2, 0.25) is 0 Å². The lowest BCUT2D eigenvalue weighted by Crippen LogP contribution is -1.95. The van der Waals surface area contributed by atoms with Crippen molar-refractivity contribution >= 4 is 11.9 Å². The Bertz CT molecular complexity index is 689. The Labute approximate surface area is 129 Å². The summed E-state index contributed by atoms with van der Waals surface area (Å²) in [6, 6.07) is 12.5. The summed E-state index contributed by atoms with van der Waals surface area (Å²) in [7, 11) is 4.73. The summed E-state index contributed by atoms with van der Waals surface area (Å²) >= 11 is 0. The van der Waals surface area contributed by atoms with Gasteiger partial charge in [0.05, 0.1) is 21.3 Å². The van der Waals surface area contributed by atoms with Crippen molar-refractivity contribution in [2.45, 2.75) is 0 Å². The van der Waals surface area contributed by atoms with Crippen molar-refractivity contribution in [2.24, 2.45) is 0 Å². The Kier molecular flexibility index (Phi) is 5.20. The van der Waals surface area contributed by atoms with E-state index in [0.29, 0.717) is 22.8 Å². The van der Waals surface area contributed by atoms with E-state index in [1.807, 2.05) is 12.1 Å². The molecule has 0 N–H and O–H groups in total. The smallest absolute Gasteiger partial charge is 0.185 e. The highest BCUT2D eigenvalue weighted by Gasteiger charge is 2.05. The summed E-state index contributed by atoms with van der Waals surface area (Å²) in [5, 5.41) is 0. The molecular weight excluding hydrogens is 280 g/mol. The maximum Gasteiger partial charge on any atom is 0.185 e. The minimum Gasteiger partial charge on any atom is -0.497 e. The van der Waals surface area contributed by atoms with Crippen LogP contribution in [0.1, 0.15) is 15.9 Å². The van der Waals surface area contributed by atoms with E-state index >= 15 is 0 Å². The van der Waals surface area contributed by atoms with Gasteiger partial charge in [-0.3, -0.25) is 4.79 Å². The molecule has 0 saturated carbocycles. The first-order valence-corrected chi connectivity index (χ1v) is 6.76. The van der Waals surface area contributed by atoms with Crippen molar-refractivity contribution in [3.63, 3.8) is 0 Å². The first kappa shape index (κ1) is 15.6. The van der Waals surface area contributed by atoms with Gasteiger partial charge in [-0.25, -0.2) is 0 Å². The molecule has 0 atom stereocenters. The molecule has 0 spiro atoms. The zero-order chi connectivity index (χ0) is 15.9. The van der Waals surface area contributed by atoms with Crippen molar-refractivity contribution in [2.75, 3.05) is 21.3 Å². The molecule has 0 unspecified atom stereocenters. The van der Waals surface area contributed by atoms with Crippen LogP contribution in [0.25, 0.3) is 6.08 Å². The maximum atomic E-state index is 12.2. The minimum atomic E-state index is -0.0892. The molecule has 22 heavy (non-hydrogen) atoms. The van der Waals surface area contributed by atoms with Crippen molar-refractivity contribution in [3.05, 3.63) is 59.7 Å². The van der Waals surface area contributed by atoms with Crippen molar-refractivity contribution in [3.8, 4) is 17.2 Å². The van der Waals surface area contributed by atoms with E-state index in [2.05, 4.69) is 0 Å². The van der Waals surface area contributed by atoms with Gasteiger partial charge in [0.15, 0.2) is 17.3 Å². The standard InChI is InChI=1S/C18H18O4/c1-20-15-6-4-5-14(12-15)16(19)9-7-13-8-10-17(21-2)18(11-13)22-3/h4-12H,1-3H3/b9-7+. The third kappa shape index (κ3) is 3.67. The lowest BCUT2D eigenvalue weighted by atomic mass is 10.1. The fourth-order valence-electron chi connectivity index (χ4n) is 2.00. The van der Waals surface area contributed by atoms with Gasteiger partial charge >= 0.3 is 0 Å². The van der Waals surface area contributed by atoms with Gasteiger partial charge in [-0.1, -0.05) is 24.3 Å². The SMILES string of the molecule is COc1cccc(C(=O)/C=C/c2ccc(OC)c(OC)c2)c1. The number of benzene rings is 2. The number of carbonyl (C=O) groups excluding carboxylic acids is 1. The molecule has 2 aromatic carbocycles. The molecule has 0 radical (unpaired) electrons. The van der Waals surface area contributed by atoms with Crippen LogP contribution in [0.5, 0.6) is 17.2 Å². The molecule has 0 bridgehead atoms. The van der Waals surface area contributed by atoms with Crippen LogP contribution >= 0.6 is 0 Å². The van der Waals surface area contributed by atoms with Crippen LogP contribution in [-0.4, -0.2) is 27.1 Å². The molecule has 4 heteroatoms. The fourth-order valence-corrected chi connectivity index (χ4v) is 2.00. The first-order valence-electron chi connectivity index (χ1n) is 6.76. The third-order valence-electron chi connectivity index (χ3n) is 3.19. The van der Waals surface area contributed by atoms with Crippen LogP contribution in [0.15, 0.2) is 48.5 Å². The minimum absolute atomic E-state index is 0.0892. The zero-order valence-electron chi connectivity index (χ0n) is 12.8. The van der Waals surface area contributed by atoms with Crippen LogP contribution in [0.2, 0.25) is 0 Å². The molecule has 0 aliphatic heterocycles. The van der Waals surface area contributed by atoms with Gasteiger partial charge in [0.25, 0.3) is 0 Å². The third-order valence-corrected chi connectivity index (χ3v) is 3.19.